The molecule has 1 aromatic rings. The highest BCUT2D eigenvalue weighted by Gasteiger charge is 2.41. The lowest BCUT2D eigenvalue weighted by Gasteiger charge is -2.35. The molecule has 2 nitrogen and oxygen atoms in total. The smallest absolute Gasteiger partial charge is 0.0874 e. The molecule has 0 radical (unpaired) electrons. The third kappa shape index (κ3) is 2.04. The molecule has 2 N–H and O–H groups in total. The second-order valence-electron chi connectivity index (χ2n) is 4.61. The summed E-state index contributed by atoms with van der Waals surface area (Å²) in [6.45, 7) is 4.97. The molecular formula is C13H21NOS. The minimum atomic E-state index is -0.0966. The zero-order valence-corrected chi connectivity index (χ0v) is 11.0. The number of hydrogen-bond acceptors (Lipinski definition) is 3. The van der Waals surface area contributed by atoms with Gasteiger partial charge in [-0.3, -0.25) is 0 Å². The summed E-state index contributed by atoms with van der Waals surface area (Å²) in [6.07, 6.45) is 4.71. The average Bonchev–Trinajstić information content (AvgIpc) is 2.87. The zero-order chi connectivity index (χ0) is 11.6. The molecule has 90 valence electrons. The molecule has 1 aromatic heterocycles. The first-order valence-corrected chi connectivity index (χ1v) is 7.01. The maximum Gasteiger partial charge on any atom is 0.0874 e. The molecule has 1 unspecified atom stereocenters. The summed E-state index contributed by atoms with van der Waals surface area (Å²) in [7, 11) is 0. The lowest BCUT2D eigenvalue weighted by atomic mass is 9.87. The number of hydrogen-bond donors (Lipinski definition) is 1. The summed E-state index contributed by atoms with van der Waals surface area (Å²) in [6, 6.07) is 2.20. The van der Waals surface area contributed by atoms with Crippen LogP contribution in [0.15, 0.2) is 11.4 Å². The summed E-state index contributed by atoms with van der Waals surface area (Å²) in [5.74, 6) is 0. The van der Waals surface area contributed by atoms with Crippen molar-refractivity contribution in [1.82, 2.24) is 0 Å². The van der Waals surface area contributed by atoms with Crippen molar-refractivity contribution >= 4 is 11.3 Å². The molecular weight excluding hydrogens is 218 g/mol. The van der Waals surface area contributed by atoms with E-state index in [1.54, 1.807) is 11.3 Å². The normalized spacial score (nSPS) is 21.2. The van der Waals surface area contributed by atoms with Crippen molar-refractivity contribution in [3.8, 4) is 0 Å². The van der Waals surface area contributed by atoms with Gasteiger partial charge >= 0.3 is 0 Å². The molecule has 2 rings (SSSR count). The Balaban J connectivity index is 2.23. The maximum atomic E-state index is 6.45. The second-order valence-corrected chi connectivity index (χ2v) is 5.73. The molecule has 0 bridgehead atoms. The second kappa shape index (κ2) is 4.86. The van der Waals surface area contributed by atoms with Crippen molar-refractivity contribution in [2.24, 2.45) is 5.73 Å². The average molecular weight is 239 g/mol. The van der Waals surface area contributed by atoms with Crippen LogP contribution >= 0.6 is 11.3 Å². The molecule has 0 spiro atoms. The highest BCUT2D eigenvalue weighted by molar-refractivity contribution is 7.10. The van der Waals surface area contributed by atoms with Gasteiger partial charge in [0.1, 0.15) is 0 Å². The number of ether oxygens (including phenoxy) is 1. The summed E-state index contributed by atoms with van der Waals surface area (Å²) in [4.78, 5) is 1.33. The molecule has 1 aliphatic carbocycles. The van der Waals surface area contributed by atoms with Gasteiger partial charge in [-0.1, -0.05) is 12.8 Å². The quantitative estimate of drug-likeness (QED) is 0.874. The van der Waals surface area contributed by atoms with Gasteiger partial charge in [-0.2, -0.15) is 0 Å². The van der Waals surface area contributed by atoms with Gasteiger partial charge in [-0.15, -0.1) is 11.3 Å². The van der Waals surface area contributed by atoms with Crippen molar-refractivity contribution in [2.45, 2.75) is 51.2 Å². The Labute approximate surface area is 102 Å². The highest BCUT2D eigenvalue weighted by atomic mass is 32.1. The minimum Gasteiger partial charge on any atom is -0.373 e. The Morgan fingerprint density at radius 3 is 2.69 bits per heavy atom. The number of thiophene rings is 1. The Morgan fingerprint density at radius 2 is 2.19 bits per heavy atom. The predicted molar refractivity (Wildman–Crippen MR) is 68.8 cm³/mol. The van der Waals surface area contributed by atoms with E-state index < -0.39 is 0 Å². The first kappa shape index (κ1) is 12.1. The molecule has 1 aliphatic rings. The fourth-order valence-electron chi connectivity index (χ4n) is 2.81. The van der Waals surface area contributed by atoms with E-state index in [9.17, 15) is 0 Å². The lowest BCUT2D eigenvalue weighted by Crippen LogP contribution is -2.41. The molecule has 1 saturated carbocycles. The van der Waals surface area contributed by atoms with Crippen LogP contribution < -0.4 is 5.73 Å². The van der Waals surface area contributed by atoms with Gasteiger partial charge in [0, 0.05) is 11.5 Å². The van der Waals surface area contributed by atoms with Crippen LogP contribution in [0.25, 0.3) is 0 Å². The van der Waals surface area contributed by atoms with E-state index in [1.165, 1.54) is 23.3 Å². The molecule has 1 heterocycles. The maximum absolute atomic E-state index is 6.45. The minimum absolute atomic E-state index is 0.0428. The first-order chi connectivity index (χ1) is 7.69. The topological polar surface area (TPSA) is 35.2 Å². The van der Waals surface area contributed by atoms with E-state index >= 15 is 0 Å². The van der Waals surface area contributed by atoms with Crippen molar-refractivity contribution < 1.29 is 4.74 Å². The monoisotopic (exact) mass is 239 g/mol. The van der Waals surface area contributed by atoms with Crippen molar-refractivity contribution in [2.75, 3.05) is 6.61 Å². The third-order valence-electron chi connectivity index (χ3n) is 3.68. The van der Waals surface area contributed by atoms with Crippen LogP contribution in [-0.4, -0.2) is 12.2 Å². The van der Waals surface area contributed by atoms with Crippen LogP contribution in [0.5, 0.6) is 0 Å². The molecule has 1 fully saturated rings. The Morgan fingerprint density at radius 1 is 1.50 bits per heavy atom. The van der Waals surface area contributed by atoms with Crippen LogP contribution in [0, 0.1) is 6.92 Å². The van der Waals surface area contributed by atoms with E-state index in [-0.39, 0.29) is 11.6 Å². The molecule has 1 atom stereocenters. The van der Waals surface area contributed by atoms with Crippen LogP contribution in [-0.2, 0) is 4.74 Å². The molecule has 3 heteroatoms. The number of rotatable bonds is 4. The molecule has 0 saturated heterocycles. The Hall–Kier alpha value is -0.380. The number of nitrogens with two attached hydrogens (primary N) is 1. The standard InChI is InChI=1S/C13H21NOS/c1-3-15-13(7-4-5-8-13)12(14)11-6-9-16-10(11)2/h6,9,12H,3-5,7-8,14H2,1-2H3. The van der Waals surface area contributed by atoms with Crippen molar-refractivity contribution in [1.29, 1.82) is 0 Å². The van der Waals surface area contributed by atoms with E-state index in [4.69, 9.17) is 10.5 Å². The van der Waals surface area contributed by atoms with Gasteiger partial charge in [0.2, 0.25) is 0 Å². The van der Waals surface area contributed by atoms with Crippen LogP contribution in [0.3, 0.4) is 0 Å². The van der Waals surface area contributed by atoms with Gasteiger partial charge in [0.25, 0.3) is 0 Å². The predicted octanol–water partition coefficient (Wildman–Crippen LogP) is 3.41. The highest BCUT2D eigenvalue weighted by Crippen LogP contribution is 2.43. The Bertz CT molecular complexity index is 341. The molecule has 0 amide bonds. The van der Waals surface area contributed by atoms with Gasteiger partial charge in [-0.25, -0.2) is 0 Å². The fourth-order valence-corrected chi connectivity index (χ4v) is 3.56. The van der Waals surface area contributed by atoms with Crippen LogP contribution in [0.4, 0.5) is 0 Å². The summed E-state index contributed by atoms with van der Waals surface area (Å²) in [5.41, 5.74) is 7.63. The van der Waals surface area contributed by atoms with E-state index in [0.717, 1.165) is 19.4 Å². The molecule has 0 aromatic carbocycles. The van der Waals surface area contributed by atoms with E-state index in [2.05, 4.69) is 25.3 Å². The van der Waals surface area contributed by atoms with Gasteiger partial charge in [0.15, 0.2) is 0 Å². The summed E-state index contributed by atoms with van der Waals surface area (Å²) in [5, 5.41) is 2.12. The van der Waals surface area contributed by atoms with Crippen molar-refractivity contribution in [3.63, 3.8) is 0 Å². The third-order valence-corrected chi connectivity index (χ3v) is 4.54. The van der Waals surface area contributed by atoms with Crippen LogP contribution in [0.1, 0.15) is 49.1 Å². The van der Waals surface area contributed by atoms with Crippen LogP contribution in [0.2, 0.25) is 0 Å². The Kier molecular flexibility index (Phi) is 3.67. The van der Waals surface area contributed by atoms with E-state index in [0.29, 0.717) is 0 Å². The van der Waals surface area contributed by atoms with Gasteiger partial charge in [-0.05, 0) is 43.7 Å². The van der Waals surface area contributed by atoms with Crippen molar-refractivity contribution in [3.05, 3.63) is 21.9 Å². The molecule has 0 aliphatic heterocycles. The van der Waals surface area contributed by atoms with E-state index in [1.807, 2.05) is 0 Å². The SMILES string of the molecule is CCOC1(C(N)c2ccsc2C)CCCC1. The number of aryl methyl sites for hydroxylation is 1. The zero-order valence-electron chi connectivity index (χ0n) is 10.2. The molecule has 16 heavy (non-hydrogen) atoms. The van der Waals surface area contributed by atoms with Gasteiger partial charge in [0.05, 0.1) is 11.6 Å². The first-order valence-electron chi connectivity index (χ1n) is 6.13. The fraction of sp³-hybridized carbons (Fsp3) is 0.692. The lowest BCUT2D eigenvalue weighted by molar-refractivity contribution is -0.0536. The summed E-state index contributed by atoms with van der Waals surface area (Å²) >= 11 is 1.77. The largest absolute Gasteiger partial charge is 0.373 e. The van der Waals surface area contributed by atoms with Gasteiger partial charge < -0.3 is 10.5 Å². The summed E-state index contributed by atoms with van der Waals surface area (Å²) < 4.78 is 6.01.